The lowest BCUT2D eigenvalue weighted by molar-refractivity contribution is -0.153. The Morgan fingerprint density at radius 2 is 2.26 bits per heavy atom. The Morgan fingerprint density at radius 3 is 2.96 bits per heavy atom. The minimum Gasteiger partial charge on any atom is -0.484 e. The number of nitrogens with one attached hydrogen (secondary N) is 2. The van der Waals surface area contributed by atoms with Crippen LogP contribution in [0.1, 0.15) is 12.0 Å². The average molecular weight is 348 g/mol. The number of ether oxygens (including phenoxy) is 1. The van der Waals surface area contributed by atoms with Crippen LogP contribution < -0.4 is 15.4 Å². The highest BCUT2D eigenvalue weighted by molar-refractivity contribution is 7.99. The average Bonchev–Trinajstić information content (AvgIpc) is 2.52. The second-order valence-electron chi connectivity index (χ2n) is 5.26. The van der Waals surface area contributed by atoms with Crippen molar-refractivity contribution in [2.75, 3.05) is 24.7 Å². The smallest absolute Gasteiger partial charge is 0.422 e. The molecule has 2 N–H and O–H groups in total. The summed E-state index contributed by atoms with van der Waals surface area (Å²) in [7, 11) is 0. The minimum absolute atomic E-state index is 0.0772. The fourth-order valence-electron chi connectivity index (χ4n) is 2.16. The van der Waals surface area contributed by atoms with E-state index in [1.807, 2.05) is 11.8 Å². The van der Waals surface area contributed by atoms with Crippen LogP contribution in [-0.2, 0) is 11.3 Å². The van der Waals surface area contributed by atoms with Crippen molar-refractivity contribution in [1.29, 1.82) is 0 Å². The van der Waals surface area contributed by atoms with Crippen LogP contribution in [0, 0.1) is 0 Å². The zero-order valence-corrected chi connectivity index (χ0v) is 13.3. The number of thioether (sulfide) groups is 1. The summed E-state index contributed by atoms with van der Waals surface area (Å²) in [5, 5.41) is 6.06. The van der Waals surface area contributed by atoms with E-state index in [9.17, 15) is 18.0 Å². The van der Waals surface area contributed by atoms with Gasteiger partial charge in [0, 0.05) is 37.1 Å². The van der Waals surface area contributed by atoms with Gasteiger partial charge in [-0.3, -0.25) is 4.79 Å². The summed E-state index contributed by atoms with van der Waals surface area (Å²) < 4.78 is 41.1. The van der Waals surface area contributed by atoms with Crippen molar-refractivity contribution < 1.29 is 22.7 Å². The zero-order chi connectivity index (χ0) is 16.7. The van der Waals surface area contributed by atoms with E-state index in [4.69, 9.17) is 0 Å². The Labute approximate surface area is 137 Å². The number of carbonyl (C=O) groups is 1. The summed E-state index contributed by atoms with van der Waals surface area (Å²) in [6.07, 6.45) is -3.97. The first kappa shape index (κ1) is 17.9. The number of amides is 1. The molecule has 1 fully saturated rings. The van der Waals surface area contributed by atoms with Gasteiger partial charge in [-0.25, -0.2) is 0 Å². The van der Waals surface area contributed by atoms with E-state index in [2.05, 4.69) is 15.4 Å². The molecule has 0 bridgehead atoms. The minimum atomic E-state index is -4.37. The standard InChI is InChI=1S/C15H19F3N2O2S/c16-15(17,18)10-22-13-3-1-2-11(6-13)8-20-14(21)7-12-9-23-5-4-19-12/h1-3,6,12,19H,4-5,7-10H2,(H,20,21). The summed E-state index contributed by atoms with van der Waals surface area (Å²) in [4.78, 5) is 11.9. The van der Waals surface area contributed by atoms with Crippen molar-refractivity contribution in [3.8, 4) is 5.75 Å². The van der Waals surface area contributed by atoms with Gasteiger partial charge in [-0.1, -0.05) is 12.1 Å². The van der Waals surface area contributed by atoms with E-state index in [-0.39, 0.29) is 24.2 Å². The van der Waals surface area contributed by atoms with Crippen molar-refractivity contribution in [3.05, 3.63) is 29.8 Å². The van der Waals surface area contributed by atoms with Crippen LogP contribution in [0.5, 0.6) is 5.75 Å². The molecule has 1 heterocycles. The summed E-state index contributed by atoms with van der Waals surface area (Å²) in [6, 6.07) is 6.47. The highest BCUT2D eigenvalue weighted by Gasteiger charge is 2.28. The van der Waals surface area contributed by atoms with Gasteiger partial charge < -0.3 is 15.4 Å². The Balaban J connectivity index is 1.77. The lowest BCUT2D eigenvalue weighted by Gasteiger charge is -2.22. The van der Waals surface area contributed by atoms with Crippen molar-refractivity contribution in [3.63, 3.8) is 0 Å². The number of halogens is 3. The topological polar surface area (TPSA) is 50.4 Å². The molecule has 2 rings (SSSR count). The van der Waals surface area contributed by atoms with Crippen LogP contribution >= 0.6 is 11.8 Å². The molecule has 1 aliphatic rings. The molecule has 128 valence electrons. The van der Waals surface area contributed by atoms with Gasteiger partial charge in [0.05, 0.1) is 0 Å². The van der Waals surface area contributed by atoms with Gasteiger partial charge >= 0.3 is 6.18 Å². The molecule has 4 nitrogen and oxygen atoms in total. The molecule has 0 aromatic heterocycles. The number of hydrogen-bond acceptors (Lipinski definition) is 4. The molecule has 0 radical (unpaired) electrons. The van der Waals surface area contributed by atoms with E-state index < -0.39 is 12.8 Å². The van der Waals surface area contributed by atoms with Crippen molar-refractivity contribution in [1.82, 2.24) is 10.6 Å². The second kappa shape index (κ2) is 8.44. The lowest BCUT2D eigenvalue weighted by Crippen LogP contribution is -2.41. The highest BCUT2D eigenvalue weighted by atomic mass is 32.2. The van der Waals surface area contributed by atoms with Crippen LogP contribution in [0.3, 0.4) is 0 Å². The van der Waals surface area contributed by atoms with Gasteiger partial charge in [0.15, 0.2) is 6.61 Å². The number of hydrogen-bond donors (Lipinski definition) is 2. The normalized spacial score (nSPS) is 18.5. The first-order chi connectivity index (χ1) is 10.9. The molecule has 0 spiro atoms. The van der Waals surface area contributed by atoms with Crippen molar-refractivity contribution in [2.24, 2.45) is 0 Å². The number of alkyl halides is 3. The molecular weight excluding hydrogens is 329 g/mol. The van der Waals surface area contributed by atoms with Crippen LogP contribution in [0.15, 0.2) is 24.3 Å². The van der Waals surface area contributed by atoms with Crippen molar-refractivity contribution in [2.45, 2.75) is 25.2 Å². The third kappa shape index (κ3) is 7.13. The number of benzene rings is 1. The third-order valence-electron chi connectivity index (χ3n) is 3.22. The fraction of sp³-hybridized carbons (Fsp3) is 0.533. The molecule has 1 aliphatic heterocycles. The Hall–Kier alpha value is -1.41. The summed E-state index contributed by atoms with van der Waals surface area (Å²) >= 11 is 1.82. The molecule has 1 unspecified atom stereocenters. The van der Waals surface area contributed by atoms with E-state index in [0.29, 0.717) is 12.0 Å². The maximum absolute atomic E-state index is 12.1. The Bertz CT molecular complexity index is 520. The molecule has 23 heavy (non-hydrogen) atoms. The van der Waals surface area contributed by atoms with E-state index in [0.717, 1.165) is 18.1 Å². The Kier molecular flexibility index (Phi) is 6.59. The van der Waals surface area contributed by atoms with E-state index in [1.165, 1.54) is 12.1 Å². The van der Waals surface area contributed by atoms with Crippen LogP contribution in [0.2, 0.25) is 0 Å². The molecule has 1 aromatic rings. The SMILES string of the molecule is O=C(CC1CSCCN1)NCc1cccc(OCC(F)(F)F)c1. The quantitative estimate of drug-likeness (QED) is 0.829. The molecule has 1 atom stereocenters. The molecule has 1 saturated heterocycles. The largest absolute Gasteiger partial charge is 0.484 e. The predicted octanol–water partition coefficient (Wildman–Crippen LogP) is 2.34. The molecule has 8 heteroatoms. The second-order valence-corrected chi connectivity index (χ2v) is 6.41. The van der Waals surface area contributed by atoms with Gasteiger partial charge in [0.1, 0.15) is 5.75 Å². The summed E-state index contributed by atoms with van der Waals surface area (Å²) in [6.45, 7) is -0.156. The lowest BCUT2D eigenvalue weighted by atomic mass is 10.2. The molecular formula is C15H19F3N2O2S. The fourth-order valence-corrected chi connectivity index (χ4v) is 3.11. The maximum Gasteiger partial charge on any atom is 0.422 e. The highest BCUT2D eigenvalue weighted by Crippen LogP contribution is 2.19. The molecule has 1 aromatic carbocycles. The van der Waals surface area contributed by atoms with Gasteiger partial charge in [-0.15, -0.1) is 0 Å². The summed E-state index contributed by atoms with van der Waals surface area (Å²) in [5.41, 5.74) is 0.698. The third-order valence-corrected chi connectivity index (χ3v) is 4.35. The zero-order valence-electron chi connectivity index (χ0n) is 12.5. The van der Waals surface area contributed by atoms with Gasteiger partial charge in [-0.2, -0.15) is 24.9 Å². The van der Waals surface area contributed by atoms with Gasteiger partial charge in [0.2, 0.25) is 5.91 Å². The number of carbonyl (C=O) groups excluding carboxylic acids is 1. The molecule has 1 amide bonds. The van der Waals surface area contributed by atoms with Crippen molar-refractivity contribution >= 4 is 17.7 Å². The monoisotopic (exact) mass is 348 g/mol. The molecule has 0 aliphatic carbocycles. The number of rotatable bonds is 6. The first-order valence-corrected chi connectivity index (χ1v) is 8.44. The van der Waals surface area contributed by atoms with Gasteiger partial charge in [-0.05, 0) is 17.7 Å². The van der Waals surface area contributed by atoms with E-state index >= 15 is 0 Å². The van der Waals surface area contributed by atoms with Crippen LogP contribution in [0.4, 0.5) is 13.2 Å². The first-order valence-electron chi connectivity index (χ1n) is 7.29. The maximum atomic E-state index is 12.1. The Morgan fingerprint density at radius 1 is 1.43 bits per heavy atom. The van der Waals surface area contributed by atoms with E-state index in [1.54, 1.807) is 12.1 Å². The van der Waals surface area contributed by atoms with Crippen LogP contribution in [-0.4, -0.2) is 42.8 Å². The van der Waals surface area contributed by atoms with Crippen LogP contribution in [0.25, 0.3) is 0 Å². The molecule has 0 saturated carbocycles. The van der Waals surface area contributed by atoms with Gasteiger partial charge in [0.25, 0.3) is 0 Å². The summed E-state index contributed by atoms with van der Waals surface area (Å²) in [5.74, 6) is 2.03. The predicted molar refractivity (Wildman–Crippen MR) is 83.6 cm³/mol.